The molecule has 8 nitrogen and oxygen atoms in total. The number of anilines is 1. The van der Waals surface area contributed by atoms with Crippen molar-refractivity contribution in [3.8, 4) is 11.3 Å². The minimum absolute atomic E-state index is 0.0180. The SMILES string of the molecule is CN(C)C(=O)OC1CN(c2ccc3cc(-c4ccccc4C(F)(F)F)[nH]c(=O)c3c2)C(=O)O1. The van der Waals surface area contributed by atoms with Gasteiger partial charge in [-0.2, -0.15) is 13.2 Å². The Balaban J connectivity index is 1.67. The second kappa shape index (κ2) is 8.15. The smallest absolute Gasteiger partial charge is 0.407 e. The molecular formula is C22H18F3N3O5. The highest BCUT2D eigenvalue weighted by Gasteiger charge is 2.36. The van der Waals surface area contributed by atoms with Crippen molar-refractivity contribution in [3.05, 3.63) is 64.4 Å². The van der Waals surface area contributed by atoms with Gasteiger partial charge in [-0.05, 0) is 29.7 Å². The fourth-order valence-corrected chi connectivity index (χ4v) is 3.45. The van der Waals surface area contributed by atoms with Gasteiger partial charge in [0.2, 0.25) is 0 Å². The molecule has 3 aromatic rings. The molecule has 0 bridgehead atoms. The first kappa shape index (κ1) is 22.2. The monoisotopic (exact) mass is 461 g/mol. The Morgan fingerprint density at radius 1 is 1.15 bits per heavy atom. The molecule has 1 aliphatic heterocycles. The second-order valence-electron chi connectivity index (χ2n) is 7.53. The number of cyclic esters (lactones) is 1. The van der Waals surface area contributed by atoms with Crippen molar-refractivity contribution in [1.29, 1.82) is 0 Å². The molecule has 0 radical (unpaired) electrons. The van der Waals surface area contributed by atoms with E-state index in [-0.39, 0.29) is 23.2 Å². The fraction of sp³-hybridized carbons (Fsp3) is 0.227. The number of fused-ring (bicyclic) bond motifs is 1. The lowest BCUT2D eigenvalue weighted by Crippen LogP contribution is -2.30. The number of rotatable bonds is 3. The zero-order valence-electron chi connectivity index (χ0n) is 17.5. The molecule has 1 atom stereocenters. The van der Waals surface area contributed by atoms with E-state index in [1.807, 2.05) is 0 Å². The van der Waals surface area contributed by atoms with Gasteiger partial charge in [-0.25, -0.2) is 9.59 Å². The molecule has 11 heteroatoms. The van der Waals surface area contributed by atoms with Gasteiger partial charge in [0.1, 0.15) is 6.54 Å². The Kier molecular flexibility index (Phi) is 5.48. The third-order valence-corrected chi connectivity index (χ3v) is 5.05. The number of aromatic amines is 1. The van der Waals surface area contributed by atoms with Crippen molar-refractivity contribution in [3.63, 3.8) is 0 Å². The van der Waals surface area contributed by atoms with Crippen LogP contribution in [0.2, 0.25) is 0 Å². The summed E-state index contributed by atoms with van der Waals surface area (Å²) in [5.41, 5.74) is -1.31. The number of hydrogen-bond donors (Lipinski definition) is 1. The first-order valence-electron chi connectivity index (χ1n) is 9.74. The third-order valence-electron chi connectivity index (χ3n) is 5.05. The maximum atomic E-state index is 13.4. The number of H-pyrrole nitrogens is 1. The number of ether oxygens (including phenoxy) is 2. The molecule has 4 rings (SSSR count). The van der Waals surface area contributed by atoms with Crippen molar-refractivity contribution >= 4 is 28.6 Å². The Morgan fingerprint density at radius 3 is 2.58 bits per heavy atom. The number of pyridine rings is 1. The first-order chi connectivity index (χ1) is 15.5. The Labute approximate surface area is 185 Å². The number of nitrogens with one attached hydrogen (secondary N) is 1. The summed E-state index contributed by atoms with van der Waals surface area (Å²) in [5.74, 6) is 0. The Morgan fingerprint density at radius 2 is 1.88 bits per heavy atom. The zero-order valence-corrected chi connectivity index (χ0v) is 17.5. The topological polar surface area (TPSA) is 91.9 Å². The number of amides is 2. The lowest BCUT2D eigenvalue weighted by atomic mass is 10.0. The number of halogens is 3. The maximum absolute atomic E-state index is 13.4. The van der Waals surface area contributed by atoms with E-state index in [1.54, 1.807) is 0 Å². The van der Waals surface area contributed by atoms with Gasteiger partial charge in [-0.15, -0.1) is 0 Å². The van der Waals surface area contributed by atoms with E-state index >= 15 is 0 Å². The molecule has 33 heavy (non-hydrogen) atoms. The van der Waals surface area contributed by atoms with Crippen molar-refractivity contribution < 1.29 is 32.2 Å². The van der Waals surface area contributed by atoms with Crippen molar-refractivity contribution in [2.24, 2.45) is 0 Å². The average molecular weight is 461 g/mol. The third kappa shape index (κ3) is 4.34. The number of carbonyl (C=O) groups excluding carboxylic acids is 2. The van der Waals surface area contributed by atoms with E-state index in [1.165, 1.54) is 66.4 Å². The molecule has 1 N–H and O–H groups in total. The number of carbonyl (C=O) groups is 2. The van der Waals surface area contributed by atoms with Crippen LogP contribution in [0.1, 0.15) is 5.56 Å². The summed E-state index contributed by atoms with van der Waals surface area (Å²) in [4.78, 5) is 41.5. The summed E-state index contributed by atoms with van der Waals surface area (Å²) >= 11 is 0. The predicted octanol–water partition coefficient (Wildman–Crippen LogP) is 4.19. The van der Waals surface area contributed by atoms with Gasteiger partial charge < -0.3 is 19.4 Å². The summed E-state index contributed by atoms with van der Waals surface area (Å²) in [5, 5.41) is 0.555. The summed E-state index contributed by atoms with van der Waals surface area (Å²) in [6, 6.07) is 10.9. The van der Waals surface area contributed by atoms with Crippen molar-refractivity contribution in [2.45, 2.75) is 12.5 Å². The minimum atomic E-state index is -4.59. The van der Waals surface area contributed by atoms with Gasteiger partial charge >= 0.3 is 18.4 Å². The van der Waals surface area contributed by atoms with Crippen molar-refractivity contribution in [2.75, 3.05) is 25.5 Å². The van der Waals surface area contributed by atoms with Crippen LogP contribution < -0.4 is 10.5 Å². The zero-order chi connectivity index (χ0) is 23.9. The fourth-order valence-electron chi connectivity index (χ4n) is 3.45. The van der Waals surface area contributed by atoms with Crippen molar-refractivity contribution in [1.82, 2.24) is 9.88 Å². The number of hydrogen-bond acceptors (Lipinski definition) is 5. The Bertz CT molecular complexity index is 1300. The standard InChI is InChI=1S/C22H18F3N3O5/c1-27(2)20(30)32-18-11-28(21(31)33-18)13-8-7-12-9-17(26-19(29)15(12)10-13)14-5-3-4-6-16(14)22(23,24)25/h3-10,18H,11H2,1-2H3,(H,26,29). The molecule has 1 aliphatic rings. The highest BCUT2D eigenvalue weighted by molar-refractivity contribution is 5.94. The van der Waals surface area contributed by atoms with E-state index < -0.39 is 35.8 Å². The lowest BCUT2D eigenvalue weighted by molar-refractivity contribution is -0.137. The van der Waals surface area contributed by atoms with Crippen LogP contribution in [-0.2, 0) is 15.7 Å². The average Bonchev–Trinajstić information content (AvgIpc) is 3.12. The molecule has 172 valence electrons. The second-order valence-corrected chi connectivity index (χ2v) is 7.53. The quantitative estimate of drug-likeness (QED) is 0.632. The number of aromatic nitrogens is 1. The predicted molar refractivity (Wildman–Crippen MR) is 113 cm³/mol. The summed E-state index contributed by atoms with van der Waals surface area (Å²) in [7, 11) is 2.96. The highest BCUT2D eigenvalue weighted by atomic mass is 19.4. The van der Waals surface area contributed by atoms with E-state index in [2.05, 4.69) is 4.98 Å². The maximum Gasteiger partial charge on any atom is 0.417 e. The van der Waals surface area contributed by atoms with Crippen LogP contribution in [-0.4, -0.2) is 49.0 Å². The summed E-state index contributed by atoms with van der Waals surface area (Å²) < 4.78 is 50.3. The van der Waals surface area contributed by atoms with Gasteiger partial charge in [0.15, 0.2) is 0 Å². The largest absolute Gasteiger partial charge is 0.417 e. The molecule has 0 spiro atoms. The minimum Gasteiger partial charge on any atom is -0.407 e. The van der Waals surface area contributed by atoms with Gasteiger partial charge in [0.05, 0.1) is 5.56 Å². The normalized spacial score (nSPS) is 16.1. The summed E-state index contributed by atoms with van der Waals surface area (Å²) in [6.45, 7) is -0.0845. The van der Waals surface area contributed by atoms with Gasteiger partial charge in [-0.3, -0.25) is 9.69 Å². The van der Waals surface area contributed by atoms with Crippen LogP contribution in [0.25, 0.3) is 22.0 Å². The van der Waals surface area contributed by atoms with Crippen LogP contribution in [0.4, 0.5) is 28.4 Å². The summed E-state index contributed by atoms with van der Waals surface area (Å²) in [6.07, 6.45) is -7.16. The highest BCUT2D eigenvalue weighted by Crippen LogP contribution is 2.36. The van der Waals surface area contributed by atoms with Crippen LogP contribution >= 0.6 is 0 Å². The molecule has 2 aromatic carbocycles. The molecule has 1 unspecified atom stereocenters. The van der Waals surface area contributed by atoms with E-state index in [9.17, 15) is 27.6 Å². The molecule has 1 aromatic heterocycles. The van der Waals surface area contributed by atoms with Gasteiger partial charge in [0, 0.05) is 36.4 Å². The number of alkyl halides is 3. The molecule has 2 heterocycles. The van der Waals surface area contributed by atoms with Crippen LogP contribution in [0.5, 0.6) is 0 Å². The van der Waals surface area contributed by atoms with E-state index in [0.29, 0.717) is 11.1 Å². The molecule has 1 fully saturated rings. The molecule has 0 aliphatic carbocycles. The van der Waals surface area contributed by atoms with E-state index in [0.717, 1.165) is 6.07 Å². The number of nitrogens with zero attached hydrogens (tertiary/aromatic N) is 2. The van der Waals surface area contributed by atoms with Crippen LogP contribution in [0.15, 0.2) is 53.3 Å². The lowest BCUT2D eigenvalue weighted by Gasteiger charge is -2.16. The Hall–Kier alpha value is -4.02. The number of benzene rings is 2. The van der Waals surface area contributed by atoms with Crippen LogP contribution in [0.3, 0.4) is 0 Å². The molecule has 1 saturated heterocycles. The first-order valence-corrected chi connectivity index (χ1v) is 9.74. The molecular weight excluding hydrogens is 443 g/mol. The van der Waals surface area contributed by atoms with Crippen LogP contribution in [0, 0.1) is 0 Å². The molecule has 0 saturated carbocycles. The van der Waals surface area contributed by atoms with Gasteiger partial charge in [-0.1, -0.05) is 24.3 Å². The van der Waals surface area contributed by atoms with Gasteiger partial charge in [0.25, 0.3) is 11.8 Å². The van der Waals surface area contributed by atoms with E-state index in [4.69, 9.17) is 9.47 Å². The molecule has 2 amide bonds.